The molecule has 2 heteroatoms. The van der Waals surface area contributed by atoms with Crippen LogP contribution in [0.4, 0.5) is 0 Å². The molecule has 0 aliphatic carbocycles. The van der Waals surface area contributed by atoms with Crippen LogP contribution in [0.3, 0.4) is 0 Å². The standard InChI is InChI=1S/C26H22O2/c1-28-26(27)25-16-15-23-17-22(13-14-24(23)18-25)21-11-9-20(10-12-21)8-7-19-5-3-2-4-6-19/h2-6,9-18H,7-8H2,1H3. The Bertz CT molecular complexity index is 1100. The molecule has 0 N–H and O–H groups in total. The van der Waals surface area contributed by atoms with Gasteiger partial charge in [-0.1, -0.05) is 72.8 Å². The van der Waals surface area contributed by atoms with Crippen LogP contribution in [-0.4, -0.2) is 13.1 Å². The molecule has 0 atom stereocenters. The fourth-order valence-electron chi connectivity index (χ4n) is 3.47. The van der Waals surface area contributed by atoms with E-state index in [0.717, 1.165) is 23.6 Å². The topological polar surface area (TPSA) is 26.3 Å². The third-order valence-electron chi connectivity index (χ3n) is 5.09. The van der Waals surface area contributed by atoms with Crippen LogP contribution in [0.1, 0.15) is 21.5 Å². The van der Waals surface area contributed by atoms with Crippen molar-refractivity contribution in [1.29, 1.82) is 0 Å². The maximum absolute atomic E-state index is 11.7. The van der Waals surface area contributed by atoms with Gasteiger partial charge in [-0.05, 0) is 64.1 Å². The number of rotatable bonds is 5. The van der Waals surface area contributed by atoms with E-state index < -0.39 is 0 Å². The Morgan fingerprint density at radius 1 is 0.679 bits per heavy atom. The zero-order valence-corrected chi connectivity index (χ0v) is 15.9. The first-order valence-corrected chi connectivity index (χ1v) is 9.48. The number of carbonyl (C=O) groups excluding carboxylic acids is 1. The lowest BCUT2D eigenvalue weighted by Crippen LogP contribution is -2.00. The number of ether oxygens (including phenoxy) is 1. The summed E-state index contributed by atoms with van der Waals surface area (Å²) in [6, 6.07) is 31.3. The van der Waals surface area contributed by atoms with E-state index in [1.54, 1.807) is 0 Å². The van der Waals surface area contributed by atoms with Gasteiger partial charge in [0.15, 0.2) is 0 Å². The van der Waals surface area contributed by atoms with Crippen LogP contribution >= 0.6 is 0 Å². The van der Waals surface area contributed by atoms with Gasteiger partial charge >= 0.3 is 5.97 Å². The molecule has 4 aromatic rings. The molecule has 0 fully saturated rings. The van der Waals surface area contributed by atoms with E-state index in [9.17, 15) is 4.79 Å². The van der Waals surface area contributed by atoms with Gasteiger partial charge in [-0.25, -0.2) is 4.79 Å². The monoisotopic (exact) mass is 366 g/mol. The van der Waals surface area contributed by atoms with Gasteiger partial charge < -0.3 is 4.74 Å². The van der Waals surface area contributed by atoms with Crippen molar-refractivity contribution in [1.82, 2.24) is 0 Å². The summed E-state index contributed by atoms with van der Waals surface area (Å²) in [7, 11) is 1.40. The summed E-state index contributed by atoms with van der Waals surface area (Å²) in [4.78, 5) is 11.7. The number of fused-ring (bicyclic) bond motifs is 1. The van der Waals surface area contributed by atoms with Crippen LogP contribution in [-0.2, 0) is 17.6 Å². The van der Waals surface area contributed by atoms with Crippen molar-refractivity contribution in [3.05, 3.63) is 108 Å². The first-order chi connectivity index (χ1) is 13.7. The Kier molecular flexibility index (Phi) is 5.20. The molecule has 0 heterocycles. The third-order valence-corrected chi connectivity index (χ3v) is 5.09. The van der Waals surface area contributed by atoms with Gasteiger partial charge in [-0.2, -0.15) is 0 Å². The van der Waals surface area contributed by atoms with Crippen molar-refractivity contribution >= 4 is 16.7 Å². The minimum Gasteiger partial charge on any atom is -0.465 e. The van der Waals surface area contributed by atoms with E-state index in [1.165, 1.54) is 29.4 Å². The highest BCUT2D eigenvalue weighted by molar-refractivity contribution is 5.96. The van der Waals surface area contributed by atoms with Crippen molar-refractivity contribution in [2.75, 3.05) is 7.11 Å². The van der Waals surface area contributed by atoms with Gasteiger partial charge in [0.1, 0.15) is 0 Å². The van der Waals surface area contributed by atoms with E-state index in [0.29, 0.717) is 5.56 Å². The molecule has 138 valence electrons. The predicted molar refractivity (Wildman–Crippen MR) is 115 cm³/mol. The minimum atomic E-state index is -0.308. The zero-order chi connectivity index (χ0) is 19.3. The van der Waals surface area contributed by atoms with E-state index in [2.05, 4.69) is 72.8 Å². The highest BCUT2D eigenvalue weighted by atomic mass is 16.5. The normalized spacial score (nSPS) is 10.8. The van der Waals surface area contributed by atoms with E-state index in [1.807, 2.05) is 18.2 Å². The SMILES string of the molecule is COC(=O)c1ccc2cc(-c3ccc(CCc4ccccc4)cc3)ccc2c1. The highest BCUT2D eigenvalue weighted by Crippen LogP contribution is 2.26. The van der Waals surface area contributed by atoms with Gasteiger partial charge in [0, 0.05) is 0 Å². The number of aryl methyl sites for hydroxylation is 2. The molecule has 0 saturated carbocycles. The van der Waals surface area contributed by atoms with Crippen LogP contribution in [0.2, 0.25) is 0 Å². The number of benzene rings is 4. The third kappa shape index (κ3) is 3.96. The Morgan fingerprint density at radius 2 is 1.29 bits per heavy atom. The lowest BCUT2D eigenvalue weighted by Gasteiger charge is -2.07. The van der Waals surface area contributed by atoms with E-state index >= 15 is 0 Å². The molecule has 0 radical (unpaired) electrons. The lowest BCUT2D eigenvalue weighted by molar-refractivity contribution is 0.0601. The second kappa shape index (κ2) is 8.10. The lowest BCUT2D eigenvalue weighted by atomic mass is 9.98. The van der Waals surface area contributed by atoms with Crippen molar-refractivity contribution in [2.45, 2.75) is 12.8 Å². The zero-order valence-electron chi connectivity index (χ0n) is 15.9. The van der Waals surface area contributed by atoms with E-state index in [4.69, 9.17) is 4.74 Å². The predicted octanol–water partition coefficient (Wildman–Crippen LogP) is 6.08. The van der Waals surface area contributed by atoms with Crippen molar-refractivity contribution in [2.24, 2.45) is 0 Å². The molecule has 0 spiro atoms. The Labute approximate surface area is 165 Å². The number of methoxy groups -OCH3 is 1. The average molecular weight is 366 g/mol. The highest BCUT2D eigenvalue weighted by Gasteiger charge is 2.07. The smallest absolute Gasteiger partial charge is 0.337 e. The van der Waals surface area contributed by atoms with Crippen LogP contribution < -0.4 is 0 Å². The van der Waals surface area contributed by atoms with Crippen molar-refractivity contribution in [3.8, 4) is 11.1 Å². The molecule has 2 nitrogen and oxygen atoms in total. The fraction of sp³-hybridized carbons (Fsp3) is 0.115. The first kappa shape index (κ1) is 18.0. The Balaban J connectivity index is 1.52. The molecule has 0 aliphatic rings. The molecule has 28 heavy (non-hydrogen) atoms. The summed E-state index contributed by atoms with van der Waals surface area (Å²) < 4.78 is 4.80. The molecule has 4 aromatic carbocycles. The average Bonchev–Trinajstić information content (AvgIpc) is 2.77. The minimum absolute atomic E-state index is 0.308. The molecule has 0 amide bonds. The molecule has 0 aliphatic heterocycles. The molecule has 0 aromatic heterocycles. The summed E-state index contributed by atoms with van der Waals surface area (Å²) in [6.07, 6.45) is 2.09. The number of hydrogen-bond acceptors (Lipinski definition) is 2. The van der Waals surface area contributed by atoms with Crippen molar-refractivity contribution < 1.29 is 9.53 Å². The number of hydrogen-bond donors (Lipinski definition) is 0. The van der Waals surface area contributed by atoms with Gasteiger partial charge in [0.05, 0.1) is 12.7 Å². The van der Waals surface area contributed by atoms with Gasteiger partial charge in [-0.3, -0.25) is 0 Å². The maximum Gasteiger partial charge on any atom is 0.337 e. The molecular weight excluding hydrogens is 344 g/mol. The van der Waals surface area contributed by atoms with Crippen LogP contribution in [0.25, 0.3) is 21.9 Å². The van der Waals surface area contributed by atoms with Gasteiger partial charge in [0.2, 0.25) is 0 Å². The molecule has 0 saturated heterocycles. The summed E-state index contributed by atoms with van der Waals surface area (Å²) in [5.41, 5.74) is 5.66. The van der Waals surface area contributed by atoms with Crippen LogP contribution in [0.5, 0.6) is 0 Å². The number of carbonyl (C=O) groups is 1. The van der Waals surface area contributed by atoms with Gasteiger partial charge in [-0.15, -0.1) is 0 Å². The second-order valence-electron chi connectivity index (χ2n) is 6.95. The first-order valence-electron chi connectivity index (χ1n) is 9.48. The molecular formula is C26H22O2. The number of esters is 1. The summed E-state index contributed by atoms with van der Waals surface area (Å²) in [5, 5.41) is 2.14. The Morgan fingerprint density at radius 3 is 2.00 bits per heavy atom. The van der Waals surface area contributed by atoms with Crippen molar-refractivity contribution in [3.63, 3.8) is 0 Å². The van der Waals surface area contributed by atoms with Gasteiger partial charge in [0.25, 0.3) is 0 Å². The second-order valence-corrected chi connectivity index (χ2v) is 6.95. The molecule has 0 unspecified atom stereocenters. The van der Waals surface area contributed by atoms with E-state index in [-0.39, 0.29) is 5.97 Å². The largest absolute Gasteiger partial charge is 0.465 e. The molecule has 0 bridgehead atoms. The van der Waals surface area contributed by atoms with Crippen LogP contribution in [0, 0.1) is 0 Å². The quantitative estimate of drug-likeness (QED) is 0.400. The Hall–Kier alpha value is -3.39. The summed E-state index contributed by atoms with van der Waals surface area (Å²) >= 11 is 0. The maximum atomic E-state index is 11.7. The summed E-state index contributed by atoms with van der Waals surface area (Å²) in [6.45, 7) is 0. The fourth-order valence-corrected chi connectivity index (χ4v) is 3.47. The summed E-state index contributed by atoms with van der Waals surface area (Å²) in [5.74, 6) is -0.308. The molecule has 4 rings (SSSR count). The van der Waals surface area contributed by atoms with Crippen LogP contribution in [0.15, 0.2) is 91.0 Å².